The molecule has 0 bridgehead atoms. The Morgan fingerprint density at radius 1 is 0.789 bits per heavy atom. The van der Waals surface area contributed by atoms with E-state index in [1.165, 1.54) is 11.8 Å². The van der Waals surface area contributed by atoms with Crippen molar-refractivity contribution in [3.63, 3.8) is 0 Å². The summed E-state index contributed by atoms with van der Waals surface area (Å²) < 4.78 is 5.01. The highest BCUT2D eigenvalue weighted by molar-refractivity contribution is 8.00. The van der Waals surface area contributed by atoms with Crippen LogP contribution in [0.25, 0.3) is 0 Å². The van der Waals surface area contributed by atoms with Gasteiger partial charge in [-0.1, -0.05) is 54.1 Å². The van der Waals surface area contributed by atoms with Crippen LogP contribution in [0.2, 0.25) is 5.02 Å². The molecule has 1 atom stereocenters. The molecule has 0 aliphatic heterocycles. The minimum absolute atomic E-state index is 0.224. The van der Waals surface area contributed by atoms with E-state index in [9.17, 15) is 14.4 Å². The van der Waals surface area contributed by atoms with Crippen LogP contribution in [0.3, 0.4) is 0 Å². The van der Waals surface area contributed by atoms with Crippen LogP contribution >= 0.6 is 23.4 Å². The van der Waals surface area contributed by atoms with Crippen molar-refractivity contribution in [1.82, 2.24) is 0 Å². The number of carbonyl (C=O) groups excluding carboxylic acids is 3. The molecule has 8 heteroatoms. The Kier molecular flexibility index (Phi) is 9.19. The monoisotopic (exact) mass is 544 g/mol. The molecule has 2 amide bonds. The fourth-order valence-electron chi connectivity index (χ4n) is 3.63. The number of carbonyl (C=O) groups is 3. The Labute approximate surface area is 230 Å². The van der Waals surface area contributed by atoms with E-state index in [2.05, 4.69) is 10.6 Å². The molecule has 4 rings (SSSR count). The summed E-state index contributed by atoms with van der Waals surface area (Å²) in [5.74, 6) is -0.915. The highest BCUT2D eigenvalue weighted by atomic mass is 35.5. The van der Waals surface area contributed by atoms with Gasteiger partial charge in [0.15, 0.2) is 0 Å². The van der Waals surface area contributed by atoms with Crippen molar-refractivity contribution in [2.75, 3.05) is 17.2 Å². The Hall–Kier alpha value is -4.07. The summed E-state index contributed by atoms with van der Waals surface area (Å²) in [6.07, 6.45) is 0. The summed E-state index contributed by atoms with van der Waals surface area (Å²) in [6.45, 7) is 2.04. The molecule has 0 aliphatic rings. The molecule has 4 aromatic rings. The van der Waals surface area contributed by atoms with Crippen molar-refractivity contribution in [3.8, 4) is 0 Å². The Balaban J connectivity index is 1.51. The van der Waals surface area contributed by atoms with Gasteiger partial charge in [-0.05, 0) is 73.2 Å². The number of rotatable bonds is 9. The zero-order valence-electron chi connectivity index (χ0n) is 20.5. The molecular weight excluding hydrogens is 520 g/mol. The van der Waals surface area contributed by atoms with Gasteiger partial charge in [0.25, 0.3) is 5.91 Å². The summed E-state index contributed by atoms with van der Waals surface area (Å²) in [4.78, 5) is 38.8. The number of nitrogens with one attached hydrogen (secondary N) is 2. The molecule has 0 fully saturated rings. The number of anilines is 2. The van der Waals surface area contributed by atoms with Crippen LogP contribution < -0.4 is 10.6 Å². The molecule has 1 unspecified atom stereocenters. The molecule has 192 valence electrons. The minimum atomic E-state index is -0.570. The van der Waals surface area contributed by atoms with Crippen molar-refractivity contribution < 1.29 is 19.1 Å². The van der Waals surface area contributed by atoms with E-state index in [-0.39, 0.29) is 11.8 Å². The lowest BCUT2D eigenvalue weighted by atomic mass is 10.1. The lowest BCUT2D eigenvalue weighted by Crippen LogP contribution is -2.19. The first-order valence-electron chi connectivity index (χ1n) is 11.9. The standard InChI is InChI=1S/C30H25ClN2O4S/c1-2-37-30(36)21-14-16-24(17-15-21)32-29(35)27(20-8-4-3-5-9-20)38-26-13-7-12-25(19-26)33-28(34)22-10-6-11-23(31)18-22/h3-19,27H,2H2,1H3,(H,32,35)(H,33,34). The van der Waals surface area contributed by atoms with Crippen LogP contribution in [0, 0.1) is 0 Å². The molecule has 0 aromatic heterocycles. The third-order valence-corrected chi connectivity index (χ3v) is 6.92. The fraction of sp³-hybridized carbons (Fsp3) is 0.100. The summed E-state index contributed by atoms with van der Waals surface area (Å²) in [6, 6.07) is 30.1. The van der Waals surface area contributed by atoms with Crippen molar-refractivity contribution in [2.24, 2.45) is 0 Å². The van der Waals surface area contributed by atoms with Crippen molar-refractivity contribution >= 4 is 52.5 Å². The quantitative estimate of drug-likeness (QED) is 0.171. The maximum Gasteiger partial charge on any atom is 0.338 e. The number of halogens is 1. The van der Waals surface area contributed by atoms with E-state index in [4.69, 9.17) is 16.3 Å². The molecule has 0 radical (unpaired) electrons. The normalized spacial score (nSPS) is 11.3. The third kappa shape index (κ3) is 7.25. The molecule has 6 nitrogen and oxygen atoms in total. The van der Waals surface area contributed by atoms with Gasteiger partial charge in [-0.3, -0.25) is 9.59 Å². The third-order valence-electron chi connectivity index (χ3n) is 5.44. The molecular formula is C30H25ClN2O4S. The smallest absolute Gasteiger partial charge is 0.338 e. The number of esters is 1. The predicted molar refractivity (Wildman–Crippen MR) is 152 cm³/mol. The van der Waals surface area contributed by atoms with Gasteiger partial charge >= 0.3 is 5.97 Å². The van der Waals surface area contributed by atoms with E-state index in [1.54, 1.807) is 61.5 Å². The number of hydrogen-bond donors (Lipinski definition) is 2. The molecule has 0 saturated heterocycles. The Morgan fingerprint density at radius 3 is 2.24 bits per heavy atom. The van der Waals surface area contributed by atoms with Gasteiger partial charge in [-0.2, -0.15) is 0 Å². The van der Waals surface area contributed by atoms with Gasteiger partial charge in [-0.15, -0.1) is 11.8 Å². The Bertz CT molecular complexity index is 1430. The second-order valence-electron chi connectivity index (χ2n) is 8.19. The zero-order valence-corrected chi connectivity index (χ0v) is 22.1. The zero-order chi connectivity index (χ0) is 26.9. The average molecular weight is 545 g/mol. The van der Waals surface area contributed by atoms with Crippen LogP contribution in [0.5, 0.6) is 0 Å². The van der Waals surface area contributed by atoms with Crippen LogP contribution in [0.4, 0.5) is 11.4 Å². The summed E-state index contributed by atoms with van der Waals surface area (Å²) in [5, 5.41) is 5.73. The molecule has 0 aliphatic carbocycles. The summed E-state index contributed by atoms with van der Waals surface area (Å²) in [7, 11) is 0. The number of thioether (sulfide) groups is 1. The van der Waals surface area contributed by atoms with Gasteiger partial charge in [0, 0.05) is 26.9 Å². The minimum Gasteiger partial charge on any atom is -0.462 e. The molecule has 0 saturated carbocycles. The number of hydrogen-bond acceptors (Lipinski definition) is 5. The van der Waals surface area contributed by atoms with Gasteiger partial charge < -0.3 is 15.4 Å². The van der Waals surface area contributed by atoms with Crippen LogP contribution in [0.15, 0.2) is 108 Å². The number of benzene rings is 4. The van der Waals surface area contributed by atoms with Crippen molar-refractivity contribution in [1.29, 1.82) is 0 Å². The predicted octanol–water partition coefficient (Wildman–Crippen LogP) is 7.24. The van der Waals surface area contributed by atoms with E-state index in [0.717, 1.165) is 10.5 Å². The molecule has 4 aromatic carbocycles. The SMILES string of the molecule is CCOC(=O)c1ccc(NC(=O)C(Sc2cccc(NC(=O)c3cccc(Cl)c3)c2)c2ccccc2)cc1. The van der Waals surface area contributed by atoms with Gasteiger partial charge in [-0.25, -0.2) is 4.79 Å². The topological polar surface area (TPSA) is 84.5 Å². The lowest BCUT2D eigenvalue weighted by Gasteiger charge is -2.18. The first-order valence-corrected chi connectivity index (χ1v) is 13.2. The largest absolute Gasteiger partial charge is 0.462 e. The molecule has 38 heavy (non-hydrogen) atoms. The lowest BCUT2D eigenvalue weighted by molar-refractivity contribution is -0.115. The van der Waals surface area contributed by atoms with Crippen LogP contribution in [0.1, 0.15) is 38.5 Å². The molecule has 0 heterocycles. The van der Waals surface area contributed by atoms with Gasteiger partial charge in [0.1, 0.15) is 5.25 Å². The highest BCUT2D eigenvalue weighted by Crippen LogP contribution is 2.37. The van der Waals surface area contributed by atoms with Crippen LogP contribution in [-0.4, -0.2) is 24.4 Å². The number of amides is 2. The summed E-state index contributed by atoms with van der Waals surface area (Å²) >= 11 is 7.38. The maximum absolute atomic E-state index is 13.4. The second kappa shape index (κ2) is 12.9. The van der Waals surface area contributed by atoms with Gasteiger partial charge in [0.05, 0.1) is 12.2 Å². The van der Waals surface area contributed by atoms with Crippen LogP contribution in [-0.2, 0) is 9.53 Å². The highest BCUT2D eigenvalue weighted by Gasteiger charge is 2.23. The van der Waals surface area contributed by atoms with Gasteiger partial charge in [0.2, 0.25) is 5.91 Å². The molecule has 0 spiro atoms. The molecule has 2 N–H and O–H groups in total. The van der Waals surface area contributed by atoms with Crippen molar-refractivity contribution in [2.45, 2.75) is 17.1 Å². The maximum atomic E-state index is 13.4. The summed E-state index contributed by atoms with van der Waals surface area (Å²) in [5.41, 5.74) is 2.85. The second-order valence-corrected chi connectivity index (χ2v) is 9.80. The van der Waals surface area contributed by atoms with E-state index < -0.39 is 11.2 Å². The fourth-order valence-corrected chi connectivity index (χ4v) is 4.90. The van der Waals surface area contributed by atoms with E-state index >= 15 is 0 Å². The van der Waals surface area contributed by atoms with Crippen molar-refractivity contribution in [3.05, 3.63) is 125 Å². The number of ether oxygens (including phenoxy) is 1. The average Bonchev–Trinajstić information content (AvgIpc) is 2.93. The Morgan fingerprint density at radius 2 is 1.53 bits per heavy atom. The van der Waals surface area contributed by atoms with E-state index in [0.29, 0.717) is 34.1 Å². The first kappa shape index (κ1) is 27.0. The van der Waals surface area contributed by atoms with E-state index in [1.807, 2.05) is 48.5 Å². The first-order chi connectivity index (χ1) is 18.4.